The summed E-state index contributed by atoms with van der Waals surface area (Å²) in [4.78, 5) is 14.3. The summed E-state index contributed by atoms with van der Waals surface area (Å²) in [5, 5.41) is 20.8. The van der Waals surface area contributed by atoms with E-state index in [0.717, 1.165) is 5.56 Å². The first-order valence-corrected chi connectivity index (χ1v) is 7.93. The molecule has 5 nitrogen and oxygen atoms in total. The standard InChI is InChI=1S/C18H27N3O2/c1-14(16-8-6-15(12-19)7-9-16)20-17(23)21(10-5-11-22)13-18(2,3)4/h6-9,14,22H,5,10-11,13H2,1-4H3,(H,20,23). The van der Waals surface area contributed by atoms with Crippen LogP contribution in [0.25, 0.3) is 0 Å². The largest absolute Gasteiger partial charge is 0.396 e. The number of nitrogens with zero attached hydrogens (tertiary/aromatic N) is 2. The smallest absolute Gasteiger partial charge is 0.317 e. The van der Waals surface area contributed by atoms with Gasteiger partial charge in [-0.1, -0.05) is 32.9 Å². The van der Waals surface area contributed by atoms with Crippen LogP contribution >= 0.6 is 0 Å². The van der Waals surface area contributed by atoms with Gasteiger partial charge in [0, 0.05) is 19.7 Å². The van der Waals surface area contributed by atoms with Crippen LogP contribution in [-0.2, 0) is 0 Å². The molecule has 1 atom stereocenters. The average molecular weight is 317 g/mol. The number of carbonyl (C=O) groups excluding carboxylic acids is 1. The lowest BCUT2D eigenvalue weighted by molar-refractivity contribution is 0.162. The minimum atomic E-state index is -0.146. The summed E-state index contributed by atoms with van der Waals surface area (Å²) in [6.07, 6.45) is 0.564. The molecule has 23 heavy (non-hydrogen) atoms. The number of rotatable bonds is 6. The Morgan fingerprint density at radius 2 is 1.96 bits per heavy atom. The van der Waals surface area contributed by atoms with E-state index in [1.54, 1.807) is 17.0 Å². The van der Waals surface area contributed by atoms with Crippen molar-refractivity contribution in [3.05, 3.63) is 35.4 Å². The highest BCUT2D eigenvalue weighted by atomic mass is 16.3. The summed E-state index contributed by atoms with van der Waals surface area (Å²) < 4.78 is 0. The van der Waals surface area contributed by atoms with Crippen LogP contribution in [0.3, 0.4) is 0 Å². The molecule has 0 aromatic heterocycles. The molecule has 0 saturated carbocycles. The third kappa shape index (κ3) is 6.70. The molecule has 2 N–H and O–H groups in total. The molecule has 1 aromatic rings. The molecule has 0 aliphatic heterocycles. The lowest BCUT2D eigenvalue weighted by Crippen LogP contribution is -2.45. The molecule has 1 aromatic carbocycles. The zero-order valence-electron chi connectivity index (χ0n) is 14.5. The van der Waals surface area contributed by atoms with Gasteiger partial charge in [0.15, 0.2) is 0 Å². The van der Waals surface area contributed by atoms with Crippen LogP contribution in [0.2, 0.25) is 0 Å². The molecular formula is C18H27N3O2. The van der Waals surface area contributed by atoms with Crippen molar-refractivity contribution in [2.24, 2.45) is 5.41 Å². The predicted octanol–water partition coefficient (Wildman–Crippen LogP) is 3.06. The number of benzene rings is 1. The maximum absolute atomic E-state index is 12.5. The van der Waals surface area contributed by atoms with E-state index in [0.29, 0.717) is 25.1 Å². The number of nitrogens with one attached hydrogen (secondary N) is 1. The molecule has 0 spiro atoms. The fourth-order valence-corrected chi connectivity index (χ4v) is 2.29. The van der Waals surface area contributed by atoms with Crippen LogP contribution in [0, 0.1) is 16.7 Å². The van der Waals surface area contributed by atoms with Crippen LogP contribution in [-0.4, -0.2) is 35.7 Å². The van der Waals surface area contributed by atoms with Gasteiger partial charge in [-0.2, -0.15) is 5.26 Å². The van der Waals surface area contributed by atoms with Crippen LogP contribution in [0.4, 0.5) is 4.79 Å². The van der Waals surface area contributed by atoms with Gasteiger partial charge < -0.3 is 15.3 Å². The topological polar surface area (TPSA) is 76.4 Å². The second-order valence-corrected chi connectivity index (χ2v) is 6.96. The van der Waals surface area contributed by atoms with Crippen molar-refractivity contribution in [1.82, 2.24) is 10.2 Å². The second-order valence-electron chi connectivity index (χ2n) is 6.96. The number of carbonyl (C=O) groups is 1. The molecule has 0 aliphatic carbocycles. The zero-order chi connectivity index (χ0) is 17.5. The lowest BCUT2D eigenvalue weighted by Gasteiger charge is -2.31. The number of aliphatic hydroxyl groups is 1. The highest BCUT2D eigenvalue weighted by molar-refractivity contribution is 5.74. The van der Waals surface area contributed by atoms with E-state index in [-0.39, 0.29) is 24.1 Å². The Bertz CT molecular complexity index is 541. The van der Waals surface area contributed by atoms with Gasteiger partial charge >= 0.3 is 6.03 Å². The van der Waals surface area contributed by atoms with Crippen LogP contribution in [0.1, 0.15) is 51.3 Å². The molecule has 1 unspecified atom stereocenters. The highest BCUT2D eigenvalue weighted by Crippen LogP contribution is 2.17. The Labute approximate surface area is 138 Å². The summed E-state index contributed by atoms with van der Waals surface area (Å²) in [6.45, 7) is 9.38. The van der Waals surface area contributed by atoms with Gasteiger partial charge in [0.2, 0.25) is 0 Å². The van der Waals surface area contributed by atoms with E-state index in [4.69, 9.17) is 10.4 Å². The van der Waals surface area contributed by atoms with E-state index >= 15 is 0 Å². The number of amides is 2. The molecule has 0 fully saturated rings. The fraction of sp³-hybridized carbons (Fsp3) is 0.556. The molecule has 0 heterocycles. The summed E-state index contributed by atoms with van der Waals surface area (Å²) in [7, 11) is 0. The van der Waals surface area contributed by atoms with Gasteiger partial charge in [-0.15, -0.1) is 0 Å². The Hall–Kier alpha value is -2.06. The van der Waals surface area contributed by atoms with E-state index in [1.807, 2.05) is 19.1 Å². The Morgan fingerprint density at radius 1 is 1.35 bits per heavy atom. The second kappa shape index (κ2) is 8.54. The predicted molar refractivity (Wildman–Crippen MR) is 90.8 cm³/mol. The first-order valence-electron chi connectivity index (χ1n) is 7.93. The summed E-state index contributed by atoms with van der Waals surface area (Å²) in [5.74, 6) is 0. The first kappa shape index (κ1) is 19.0. The van der Waals surface area contributed by atoms with Crippen LogP contribution in [0.15, 0.2) is 24.3 Å². The summed E-state index contributed by atoms with van der Waals surface area (Å²) >= 11 is 0. The Kier molecular flexibility index (Phi) is 7.05. The van der Waals surface area contributed by atoms with Gasteiger partial charge in [-0.3, -0.25) is 0 Å². The van der Waals surface area contributed by atoms with Gasteiger partial charge in [0.05, 0.1) is 17.7 Å². The minimum absolute atomic E-state index is 0.00945. The van der Waals surface area contributed by atoms with Gasteiger partial charge in [0.1, 0.15) is 0 Å². The minimum Gasteiger partial charge on any atom is -0.396 e. The molecule has 5 heteroatoms. The fourth-order valence-electron chi connectivity index (χ4n) is 2.29. The van der Waals surface area contributed by atoms with Gasteiger partial charge in [0.25, 0.3) is 0 Å². The number of nitriles is 1. The molecule has 2 amide bonds. The molecule has 1 rings (SSSR count). The van der Waals surface area contributed by atoms with Crippen molar-refractivity contribution < 1.29 is 9.90 Å². The van der Waals surface area contributed by atoms with Crippen molar-refractivity contribution in [1.29, 1.82) is 5.26 Å². The van der Waals surface area contributed by atoms with Crippen LogP contribution < -0.4 is 5.32 Å². The maximum atomic E-state index is 12.5. The number of hydrogen-bond acceptors (Lipinski definition) is 3. The molecule has 0 bridgehead atoms. The van der Waals surface area contributed by atoms with Crippen LogP contribution in [0.5, 0.6) is 0 Å². The third-order valence-corrected chi connectivity index (χ3v) is 3.42. The number of urea groups is 1. The van der Waals surface area contributed by atoms with E-state index < -0.39 is 0 Å². The SMILES string of the molecule is CC(NC(=O)N(CCCO)CC(C)(C)C)c1ccc(C#N)cc1. The lowest BCUT2D eigenvalue weighted by atomic mass is 9.96. The molecular weight excluding hydrogens is 290 g/mol. The van der Waals surface area contributed by atoms with Gasteiger partial charge in [-0.25, -0.2) is 4.79 Å². The summed E-state index contributed by atoms with van der Waals surface area (Å²) in [6, 6.07) is 9.00. The van der Waals surface area contributed by atoms with Crippen molar-refractivity contribution in [2.75, 3.05) is 19.7 Å². The zero-order valence-corrected chi connectivity index (χ0v) is 14.5. The number of aliphatic hydroxyl groups excluding tert-OH is 1. The quantitative estimate of drug-likeness (QED) is 0.846. The van der Waals surface area contributed by atoms with E-state index in [9.17, 15) is 4.79 Å². The van der Waals surface area contributed by atoms with E-state index in [2.05, 4.69) is 32.2 Å². The molecule has 126 valence electrons. The van der Waals surface area contributed by atoms with Crippen molar-refractivity contribution in [2.45, 2.75) is 40.2 Å². The summed E-state index contributed by atoms with van der Waals surface area (Å²) in [5.41, 5.74) is 1.55. The molecule has 0 saturated heterocycles. The van der Waals surface area contributed by atoms with Gasteiger partial charge in [-0.05, 0) is 36.5 Å². The number of hydrogen-bond donors (Lipinski definition) is 2. The monoisotopic (exact) mass is 317 g/mol. The Balaban J connectivity index is 2.73. The maximum Gasteiger partial charge on any atom is 0.317 e. The molecule has 0 aliphatic rings. The normalized spacial score (nSPS) is 12.3. The first-order chi connectivity index (χ1) is 10.8. The highest BCUT2D eigenvalue weighted by Gasteiger charge is 2.22. The third-order valence-electron chi connectivity index (χ3n) is 3.42. The van der Waals surface area contributed by atoms with Crippen molar-refractivity contribution in [3.8, 4) is 6.07 Å². The Morgan fingerprint density at radius 3 is 2.43 bits per heavy atom. The molecule has 0 radical (unpaired) electrons. The average Bonchev–Trinajstić information content (AvgIpc) is 2.50. The van der Waals surface area contributed by atoms with E-state index in [1.165, 1.54) is 0 Å². The van der Waals surface area contributed by atoms with Crippen molar-refractivity contribution >= 4 is 6.03 Å². The van der Waals surface area contributed by atoms with Crippen molar-refractivity contribution in [3.63, 3.8) is 0 Å².